The first kappa shape index (κ1) is 21.9. The Kier molecular flexibility index (Phi) is 7.79. The number of methoxy groups -OCH3 is 1. The first-order valence-corrected chi connectivity index (χ1v) is 12.3. The number of aromatic nitrogens is 2. The molecular weight excluding hydrogens is 430 g/mol. The number of carbonyl (C=O) groups excluding carboxylic acids is 2. The van der Waals surface area contributed by atoms with E-state index in [1.807, 2.05) is 6.92 Å². The van der Waals surface area contributed by atoms with E-state index in [4.69, 9.17) is 4.74 Å². The number of ether oxygens (including phenoxy) is 1. The first-order chi connectivity index (χ1) is 14.0. The van der Waals surface area contributed by atoms with E-state index >= 15 is 0 Å². The molecule has 0 fully saturated rings. The van der Waals surface area contributed by atoms with E-state index in [0.29, 0.717) is 27.2 Å². The highest BCUT2D eigenvalue weighted by atomic mass is 32.2. The predicted molar refractivity (Wildman–Crippen MR) is 118 cm³/mol. The Morgan fingerprint density at radius 3 is 2.90 bits per heavy atom. The molecule has 0 saturated heterocycles. The van der Waals surface area contributed by atoms with E-state index in [2.05, 4.69) is 15.3 Å². The number of thioether (sulfide) groups is 2. The summed E-state index contributed by atoms with van der Waals surface area (Å²) in [7, 11) is 1.35. The van der Waals surface area contributed by atoms with Crippen LogP contribution in [-0.2, 0) is 28.1 Å². The van der Waals surface area contributed by atoms with Crippen molar-refractivity contribution in [2.45, 2.75) is 43.5 Å². The number of anilines is 1. The molecule has 0 aromatic carbocycles. The van der Waals surface area contributed by atoms with Crippen molar-refractivity contribution in [1.82, 2.24) is 9.97 Å². The van der Waals surface area contributed by atoms with Crippen molar-refractivity contribution < 1.29 is 14.3 Å². The standard InChI is InChI=1S/C19H23N3O4S3/c1-3-27-9-11-8-14(23)22-19(20-11)28-10-15(24)21-17-16(18(25)26-2)12-6-4-5-7-13(12)29-17/h8H,3-7,9-10H2,1-2H3,(H,21,24)(H,20,22,23). The molecule has 1 aliphatic rings. The Morgan fingerprint density at radius 2 is 2.14 bits per heavy atom. The Bertz CT molecular complexity index is 955. The minimum absolute atomic E-state index is 0.0799. The number of aromatic amines is 1. The van der Waals surface area contributed by atoms with E-state index in [0.717, 1.165) is 53.6 Å². The Balaban J connectivity index is 1.69. The molecular formula is C19H23N3O4S3. The molecule has 2 heterocycles. The third-order valence-electron chi connectivity index (χ3n) is 4.38. The van der Waals surface area contributed by atoms with E-state index in [-0.39, 0.29) is 17.2 Å². The van der Waals surface area contributed by atoms with E-state index in [1.165, 1.54) is 24.5 Å². The van der Waals surface area contributed by atoms with Gasteiger partial charge < -0.3 is 15.0 Å². The molecule has 0 spiro atoms. The normalized spacial score (nSPS) is 13.0. The molecule has 2 N–H and O–H groups in total. The molecule has 1 amide bonds. The number of thiophene rings is 1. The summed E-state index contributed by atoms with van der Waals surface area (Å²) in [6, 6.07) is 1.48. The fourth-order valence-electron chi connectivity index (χ4n) is 3.10. The van der Waals surface area contributed by atoms with Gasteiger partial charge in [-0.15, -0.1) is 11.3 Å². The first-order valence-electron chi connectivity index (χ1n) is 9.35. The lowest BCUT2D eigenvalue weighted by atomic mass is 9.95. The third-order valence-corrected chi connectivity index (χ3v) is 7.37. The maximum atomic E-state index is 12.5. The van der Waals surface area contributed by atoms with Gasteiger partial charge in [-0.1, -0.05) is 18.7 Å². The number of aryl methyl sites for hydroxylation is 1. The molecule has 0 unspecified atom stereocenters. The lowest BCUT2D eigenvalue weighted by Gasteiger charge is -2.11. The minimum Gasteiger partial charge on any atom is -0.465 e. The Morgan fingerprint density at radius 1 is 1.34 bits per heavy atom. The molecule has 0 radical (unpaired) electrons. The average molecular weight is 454 g/mol. The van der Waals surface area contributed by atoms with Gasteiger partial charge in [0.25, 0.3) is 5.56 Å². The molecule has 29 heavy (non-hydrogen) atoms. The average Bonchev–Trinajstić information content (AvgIpc) is 3.07. The van der Waals surface area contributed by atoms with Crippen LogP contribution < -0.4 is 10.9 Å². The summed E-state index contributed by atoms with van der Waals surface area (Å²) in [6.07, 6.45) is 3.86. The van der Waals surface area contributed by atoms with Crippen LogP contribution in [0.25, 0.3) is 0 Å². The van der Waals surface area contributed by atoms with Crippen LogP contribution in [0, 0.1) is 0 Å². The van der Waals surface area contributed by atoms with Crippen LogP contribution in [0.5, 0.6) is 0 Å². The van der Waals surface area contributed by atoms with Crippen LogP contribution >= 0.6 is 34.9 Å². The van der Waals surface area contributed by atoms with Crippen LogP contribution in [0.4, 0.5) is 5.00 Å². The fourth-order valence-corrected chi connectivity index (χ4v) is 5.65. The number of amides is 1. The predicted octanol–water partition coefficient (Wildman–Crippen LogP) is 3.48. The second-order valence-corrected chi connectivity index (χ2v) is 9.77. The molecule has 156 valence electrons. The van der Waals surface area contributed by atoms with Crippen molar-refractivity contribution in [2.24, 2.45) is 0 Å². The number of hydrogen-bond donors (Lipinski definition) is 2. The smallest absolute Gasteiger partial charge is 0.341 e. The maximum absolute atomic E-state index is 12.5. The highest BCUT2D eigenvalue weighted by Crippen LogP contribution is 2.38. The summed E-state index contributed by atoms with van der Waals surface area (Å²) in [5.74, 6) is 1.00. The van der Waals surface area contributed by atoms with Gasteiger partial charge >= 0.3 is 5.97 Å². The lowest BCUT2D eigenvalue weighted by molar-refractivity contribution is -0.113. The van der Waals surface area contributed by atoms with Crippen LogP contribution in [0.1, 0.15) is 46.3 Å². The third kappa shape index (κ3) is 5.64. The summed E-state index contributed by atoms with van der Waals surface area (Å²) in [6.45, 7) is 2.04. The Labute approximate surface area is 181 Å². The van der Waals surface area contributed by atoms with E-state index in [1.54, 1.807) is 11.8 Å². The summed E-state index contributed by atoms with van der Waals surface area (Å²) < 4.78 is 4.93. The summed E-state index contributed by atoms with van der Waals surface area (Å²) in [5.41, 5.74) is 1.95. The van der Waals surface area contributed by atoms with Crippen LogP contribution in [0.3, 0.4) is 0 Å². The molecule has 10 heteroatoms. The second-order valence-electron chi connectivity index (χ2n) is 6.42. The zero-order valence-electron chi connectivity index (χ0n) is 16.3. The number of H-pyrrole nitrogens is 1. The van der Waals surface area contributed by atoms with Crippen molar-refractivity contribution >= 4 is 51.7 Å². The molecule has 3 rings (SSSR count). The van der Waals surface area contributed by atoms with Crippen LogP contribution in [-0.4, -0.2) is 40.5 Å². The van der Waals surface area contributed by atoms with Crippen LogP contribution in [0.2, 0.25) is 0 Å². The zero-order valence-corrected chi connectivity index (χ0v) is 18.8. The maximum Gasteiger partial charge on any atom is 0.341 e. The van der Waals surface area contributed by atoms with Gasteiger partial charge in [-0.05, 0) is 37.0 Å². The number of hydrogen-bond acceptors (Lipinski definition) is 8. The number of carbonyl (C=O) groups is 2. The summed E-state index contributed by atoms with van der Waals surface area (Å²) in [5, 5.41) is 3.81. The molecule has 2 aromatic rings. The van der Waals surface area contributed by atoms with Crippen molar-refractivity contribution in [3.63, 3.8) is 0 Å². The minimum atomic E-state index is -0.417. The molecule has 0 aliphatic heterocycles. The summed E-state index contributed by atoms with van der Waals surface area (Å²) >= 11 is 4.29. The molecule has 0 saturated carbocycles. The Hall–Kier alpha value is -1.78. The molecule has 0 bridgehead atoms. The topological polar surface area (TPSA) is 101 Å². The number of fused-ring (bicyclic) bond motifs is 1. The number of esters is 1. The number of nitrogens with zero attached hydrogens (tertiary/aromatic N) is 1. The second kappa shape index (κ2) is 10.3. The van der Waals surface area contributed by atoms with Crippen molar-refractivity contribution in [1.29, 1.82) is 0 Å². The quantitative estimate of drug-likeness (QED) is 0.358. The SMILES string of the molecule is CCSCc1cc(=O)[nH]c(SCC(=O)Nc2sc3c(c2C(=O)OC)CCCC3)n1. The van der Waals surface area contributed by atoms with E-state index < -0.39 is 5.97 Å². The molecule has 1 aliphatic carbocycles. The van der Waals surface area contributed by atoms with Gasteiger partial charge in [0.1, 0.15) is 5.00 Å². The zero-order chi connectivity index (χ0) is 20.8. The van der Waals surface area contributed by atoms with Crippen molar-refractivity contribution in [3.05, 3.63) is 38.1 Å². The van der Waals surface area contributed by atoms with Gasteiger partial charge in [-0.2, -0.15) is 11.8 Å². The highest BCUT2D eigenvalue weighted by Gasteiger charge is 2.26. The van der Waals surface area contributed by atoms with Gasteiger partial charge in [-0.3, -0.25) is 9.59 Å². The van der Waals surface area contributed by atoms with Crippen molar-refractivity contribution in [3.8, 4) is 0 Å². The van der Waals surface area contributed by atoms with Gasteiger partial charge in [0.15, 0.2) is 5.16 Å². The van der Waals surface area contributed by atoms with Gasteiger partial charge in [0.2, 0.25) is 5.91 Å². The van der Waals surface area contributed by atoms with Gasteiger partial charge in [0, 0.05) is 16.7 Å². The molecule has 0 atom stereocenters. The van der Waals surface area contributed by atoms with Crippen LogP contribution in [0.15, 0.2) is 16.0 Å². The highest BCUT2D eigenvalue weighted by molar-refractivity contribution is 7.99. The lowest BCUT2D eigenvalue weighted by Crippen LogP contribution is -2.17. The monoisotopic (exact) mass is 453 g/mol. The van der Waals surface area contributed by atoms with Gasteiger partial charge in [0.05, 0.1) is 24.1 Å². The number of rotatable bonds is 8. The van der Waals surface area contributed by atoms with E-state index in [9.17, 15) is 14.4 Å². The number of nitrogens with one attached hydrogen (secondary N) is 2. The largest absolute Gasteiger partial charge is 0.465 e. The van der Waals surface area contributed by atoms with Crippen molar-refractivity contribution in [2.75, 3.05) is 23.9 Å². The fraction of sp³-hybridized carbons (Fsp3) is 0.474. The summed E-state index contributed by atoms with van der Waals surface area (Å²) in [4.78, 5) is 44.8. The van der Waals surface area contributed by atoms with Gasteiger partial charge in [-0.25, -0.2) is 9.78 Å². The molecule has 7 nitrogen and oxygen atoms in total. The molecule has 2 aromatic heterocycles.